The number of amides is 1. The minimum Gasteiger partial charge on any atom is -0.423 e. The van der Waals surface area contributed by atoms with Crippen molar-refractivity contribution in [1.82, 2.24) is 0 Å². The summed E-state index contributed by atoms with van der Waals surface area (Å²) in [6.07, 6.45) is -2.02. The normalized spacial score (nSPS) is 15.6. The van der Waals surface area contributed by atoms with E-state index in [2.05, 4.69) is 5.32 Å². The van der Waals surface area contributed by atoms with E-state index in [1.54, 1.807) is 0 Å². The minimum absolute atomic E-state index is 0.0517. The fourth-order valence-corrected chi connectivity index (χ4v) is 2.39. The molecular weight excluding hydrogens is 299 g/mol. The first kappa shape index (κ1) is 14.6. The summed E-state index contributed by atoms with van der Waals surface area (Å²) < 4.78 is 43.6. The van der Waals surface area contributed by atoms with Crippen molar-refractivity contribution in [2.75, 3.05) is 5.32 Å². The Hall–Kier alpha value is -2.31. The van der Waals surface area contributed by atoms with E-state index in [9.17, 15) is 22.8 Å². The predicted molar refractivity (Wildman–Crippen MR) is 73.5 cm³/mol. The van der Waals surface area contributed by atoms with Crippen LogP contribution in [-0.2, 0) is 11.0 Å². The van der Waals surface area contributed by atoms with Gasteiger partial charge in [-0.2, -0.15) is 13.2 Å². The zero-order chi connectivity index (χ0) is 15.9. The van der Waals surface area contributed by atoms with E-state index >= 15 is 0 Å². The molecule has 1 N–H and O–H groups in total. The molecule has 1 aromatic heterocycles. The quantitative estimate of drug-likeness (QED) is 0.863. The van der Waals surface area contributed by atoms with Crippen LogP contribution in [0.15, 0.2) is 33.5 Å². The third-order valence-electron chi connectivity index (χ3n) is 3.79. The molecule has 0 radical (unpaired) electrons. The molecule has 4 nitrogen and oxygen atoms in total. The molecule has 0 spiro atoms. The molecule has 1 aliphatic rings. The van der Waals surface area contributed by atoms with Gasteiger partial charge >= 0.3 is 11.8 Å². The number of halogens is 3. The molecule has 116 valence electrons. The summed E-state index contributed by atoms with van der Waals surface area (Å²) in [6.45, 7) is 0. The molecule has 0 atom stereocenters. The number of fused-ring (bicyclic) bond motifs is 1. The summed E-state index contributed by atoms with van der Waals surface area (Å²) in [5.41, 5.74) is -2.02. The summed E-state index contributed by atoms with van der Waals surface area (Å²) in [5.74, 6) is -0.218. The maximum Gasteiger partial charge on any atom is 0.417 e. The molecule has 2 aromatic rings. The highest BCUT2D eigenvalue weighted by Gasteiger charge is 2.34. The maximum atomic E-state index is 12.9. The minimum atomic E-state index is -4.65. The second-order valence-corrected chi connectivity index (χ2v) is 5.30. The maximum absolute atomic E-state index is 12.9. The van der Waals surface area contributed by atoms with Gasteiger partial charge in [0.25, 0.3) is 0 Å². The number of nitrogens with one attached hydrogen (secondary N) is 1. The lowest BCUT2D eigenvalue weighted by atomic mass is 9.85. The average Bonchev–Trinajstić information content (AvgIpc) is 2.33. The fraction of sp³-hybridized carbons (Fsp3) is 0.333. The standard InChI is InChI=1S/C15H12F3NO3/c16-15(17,18)11-7-13(20)22-12-6-9(4-5-10(11)12)19-14(21)8-2-1-3-8/h4-8H,1-3H2,(H,19,21). The summed E-state index contributed by atoms with van der Waals surface area (Å²) in [5, 5.41) is 2.42. The first-order valence-electron chi connectivity index (χ1n) is 6.80. The second kappa shape index (κ2) is 5.15. The van der Waals surface area contributed by atoms with Crippen molar-refractivity contribution in [3.05, 3.63) is 40.2 Å². The highest BCUT2D eigenvalue weighted by Crippen LogP contribution is 2.35. The van der Waals surface area contributed by atoms with Crippen LogP contribution in [0.4, 0.5) is 18.9 Å². The molecule has 3 rings (SSSR count). The van der Waals surface area contributed by atoms with E-state index in [0.717, 1.165) is 19.3 Å². The van der Waals surface area contributed by atoms with Crippen LogP contribution in [0, 0.1) is 5.92 Å². The van der Waals surface area contributed by atoms with Crippen molar-refractivity contribution >= 4 is 22.6 Å². The van der Waals surface area contributed by atoms with Gasteiger partial charge in [0.2, 0.25) is 5.91 Å². The number of alkyl halides is 3. The highest BCUT2D eigenvalue weighted by atomic mass is 19.4. The Balaban J connectivity index is 1.99. The lowest BCUT2D eigenvalue weighted by molar-refractivity contribution is -0.136. The van der Waals surface area contributed by atoms with Crippen LogP contribution in [0.1, 0.15) is 24.8 Å². The van der Waals surface area contributed by atoms with Gasteiger partial charge in [-0.3, -0.25) is 4.79 Å². The summed E-state index contributed by atoms with van der Waals surface area (Å²) in [7, 11) is 0. The first-order valence-corrected chi connectivity index (χ1v) is 6.80. The molecule has 1 aromatic carbocycles. The molecule has 22 heavy (non-hydrogen) atoms. The number of hydrogen-bond donors (Lipinski definition) is 1. The summed E-state index contributed by atoms with van der Waals surface area (Å²) in [6, 6.07) is 4.23. The van der Waals surface area contributed by atoms with Crippen molar-refractivity contribution < 1.29 is 22.4 Å². The van der Waals surface area contributed by atoms with E-state index < -0.39 is 17.4 Å². The largest absolute Gasteiger partial charge is 0.423 e. The smallest absolute Gasteiger partial charge is 0.417 e. The number of rotatable bonds is 2. The van der Waals surface area contributed by atoms with Crippen molar-refractivity contribution in [3.8, 4) is 0 Å². The molecule has 0 unspecified atom stereocenters. The van der Waals surface area contributed by atoms with E-state index in [0.29, 0.717) is 11.8 Å². The third-order valence-corrected chi connectivity index (χ3v) is 3.79. The van der Waals surface area contributed by atoms with Crippen LogP contribution in [0.2, 0.25) is 0 Å². The zero-order valence-corrected chi connectivity index (χ0v) is 11.4. The molecule has 0 bridgehead atoms. The van der Waals surface area contributed by atoms with Gasteiger partial charge in [-0.25, -0.2) is 4.79 Å². The molecule has 1 heterocycles. The number of benzene rings is 1. The topological polar surface area (TPSA) is 59.3 Å². The van der Waals surface area contributed by atoms with Crippen molar-refractivity contribution in [1.29, 1.82) is 0 Å². The van der Waals surface area contributed by atoms with Gasteiger partial charge in [0.05, 0.1) is 5.56 Å². The Morgan fingerprint density at radius 3 is 2.55 bits per heavy atom. The van der Waals surface area contributed by atoms with Gasteiger partial charge in [-0.15, -0.1) is 0 Å². The molecule has 1 fully saturated rings. The van der Waals surface area contributed by atoms with Gasteiger partial charge in [-0.05, 0) is 25.0 Å². The lowest BCUT2D eigenvalue weighted by Gasteiger charge is -2.24. The van der Waals surface area contributed by atoms with E-state index in [4.69, 9.17) is 4.42 Å². The van der Waals surface area contributed by atoms with Crippen molar-refractivity contribution in [3.63, 3.8) is 0 Å². The fourth-order valence-electron chi connectivity index (χ4n) is 2.39. The molecule has 1 amide bonds. The Morgan fingerprint density at radius 2 is 1.95 bits per heavy atom. The van der Waals surface area contributed by atoms with Gasteiger partial charge < -0.3 is 9.73 Å². The molecule has 0 aliphatic heterocycles. The van der Waals surface area contributed by atoms with Crippen molar-refractivity contribution in [2.45, 2.75) is 25.4 Å². The SMILES string of the molecule is O=C(Nc1ccc2c(C(F)(F)F)cc(=O)oc2c1)C1CCC1. The summed E-state index contributed by atoms with van der Waals surface area (Å²) >= 11 is 0. The molecular formula is C15H12F3NO3. The van der Waals surface area contributed by atoms with Crippen LogP contribution in [0.5, 0.6) is 0 Å². The van der Waals surface area contributed by atoms with Crippen LogP contribution in [-0.4, -0.2) is 5.91 Å². The Labute approximate surface area is 122 Å². The molecule has 1 saturated carbocycles. The first-order chi connectivity index (χ1) is 10.3. The lowest BCUT2D eigenvalue weighted by Crippen LogP contribution is -2.28. The van der Waals surface area contributed by atoms with Gasteiger partial charge in [0, 0.05) is 29.1 Å². The van der Waals surface area contributed by atoms with Gasteiger partial charge in [-0.1, -0.05) is 6.42 Å². The number of anilines is 1. The van der Waals surface area contributed by atoms with Gasteiger partial charge in [0.1, 0.15) is 5.58 Å². The van der Waals surface area contributed by atoms with E-state index in [-0.39, 0.29) is 22.8 Å². The van der Waals surface area contributed by atoms with E-state index in [1.807, 2.05) is 0 Å². The molecule has 0 saturated heterocycles. The number of hydrogen-bond acceptors (Lipinski definition) is 3. The zero-order valence-electron chi connectivity index (χ0n) is 11.4. The monoisotopic (exact) mass is 311 g/mol. The van der Waals surface area contributed by atoms with Crippen LogP contribution >= 0.6 is 0 Å². The second-order valence-electron chi connectivity index (χ2n) is 5.30. The van der Waals surface area contributed by atoms with Crippen molar-refractivity contribution in [2.24, 2.45) is 5.92 Å². The predicted octanol–water partition coefficient (Wildman–Crippen LogP) is 3.55. The average molecular weight is 311 g/mol. The Kier molecular flexibility index (Phi) is 3.42. The van der Waals surface area contributed by atoms with Crippen LogP contribution in [0.3, 0.4) is 0 Å². The van der Waals surface area contributed by atoms with E-state index in [1.165, 1.54) is 18.2 Å². The van der Waals surface area contributed by atoms with Gasteiger partial charge in [0.15, 0.2) is 0 Å². The van der Waals surface area contributed by atoms with Crippen LogP contribution in [0.25, 0.3) is 11.0 Å². The number of carbonyl (C=O) groups excluding carboxylic acids is 1. The summed E-state index contributed by atoms with van der Waals surface area (Å²) in [4.78, 5) is 23.1. The Morgan fingerprint density at radius 1 is 1.23 bits per heavy atom. The highest BCUT2D eigenvalue weighted by molar-refractivity contribution is 5.95. The third kappa shape index (κ3) is 2.70. The Bertz CT molecular complexity index is 791. The van der Waals surface area contributed by atoms with Crippen LogP contribution < -0.4 is 10.9 Å². The number of carbonyl (C=O) groups is 1. The molecule has 1 aliphatic carbocycles. The molecule has 7 heteroatoms.